The van der Waals surface area contributed by atoms with Crippen molar-refractivity contribution in [1.29, 1.82) is 0 Å². The predicted molar refractivity (Wildman–Crippen MR) is 120 cm³/mol. The Kier molecular flexibility index (Phi) is 4.88. The van der Waals surface area contributed by atoms with Gasteiger partial charge in [0.1, 0.15) is 23.0 Å². The summed E-state index contributed by atoms with van der Waals surface area (Å²) in [5.41, 5.74) is 5.43. The van der Waals surface area contributed by atoms with Gasteiger partial charge in [0.2, 0.25) is 0 Å². The smallest absolute Gasteiger partial charge is 0.145 e. The van der Waals surface area contributed by atoms with Gasteiger partial charge in [-0.1, -0.05) is 42.5 Å². The normalized spacial score (nSPS) is 12.1. The van der Waals surface area contributed by atoms with Gasteiger partial charge in [-0.2, -0.15) is 0 Å². The molecule has 0 amide bonds. The van der Waals surface area contributed by atoms with E-state index in [0.29, 0.717) is 11.5 Å². The maximum absolute atomic E-state index is 13.3. The second-order valence-electron chi connectivity index (χ2n) is 7.36. The van der Waals surface area contributed by atoms with Crippen LogP contribution >= 0.6 is 0 Å². The number of anilines is 1. The highest BCUT2D eigenvalue weighted by molar-refractivity contribution is 5.68. The maximum Gasteiger partial charge on any atom is 0.145 e. The Labute approximate surface area is 179 Å². The minimum atomic E-state index is -0.252. The SMILES string of the molecule is CC(Nc1cncc(-c2cnc3ccc(-c4ccc(F)cc4)cn23)n1)c1ccccc1. The fraction of sp³-hybridized carbons (Fsp3) is 0.0800. The van der Waals surface area contributed by atoms with Crippen molar-refractivity contribution in [2.45, 2.75) is 13.0 Å². The van der Waals surface area contributed by atoms with Gasteiger partial charge in [-0.15, -0.1) is 0 Å². The van der Waals surface area contributed by atoms with Gasteiger partial charge < -0.3 is 5.32 Å². The van der Waals surface area contributed by atoms with Gasteiger partial charge in [0.05, 0.1) is 24.3 Å². The van der Waals surface area contributed by atoms with Gasteiger partial charge >= 0.3 is 0 Å². The lowest BCUT2D eigenvalue weighted by atomic mass is 10.1. The molecule has 31 heavy (non-hydrogen) atoms. The van der Waals surface area contributed by atoms with Crippen molar-refractivity contribution < 1.29 is 4.39 Å². The van der Waals surface area contributed by atoms with E-state index in [2.05, 4.69) is 34.3 Å². The number of fused-ring (bicyclic) bond motifs is 1. The van der Waals surface area contributed by atoms with E-state index in [0.717, 1.165) is 22.5 Å². The lowest BCUT2D eigenvalue weighted by molar-refractivity contribution is 0.628. The van der Waals surface area contributed by atoms with Crippen LogP contribution in [0.5, 0.6) is 0 Å². The van der Waals surface area contributed by atoms with Gasteiger partial charge in [0, 0.05) is 12.2 Å². The lowest BCUT2D eigenvalue weighted by Gasteiger charge is -2.15. The molecule has 1 N–H and O–H groups in total. The summed E-state index contributed by atoms with van der Waals surface area (Å²) in [6.07, 6.45) is 7.22. The molecule has 5 rings (SSSR count). The third-order valence-corrected chi connectivity index (χ3v) is 5.24. The number of halogens is 1. The number of imidazole rings is 1. The first-order valence-corrected chi connectivity index (χ1v) is 10.0. The lowest BCUT2D eigenvalue weighted by Crippen LogP contribution is -2.08. The van der Waals surface area contributed by atoms with Crippen molar-refractivity contribution in [3.05, 3.63) is 103 Å². The zero-order valence-electron chi connectivity index (χ0n) is 16.9. The van der Waals surface area contributed by atoms with Crippen molar-refractivity contribution in [1.82, 2.24) is 19.4 Å². The first-order valence-electron chi connectivity index (χ1n) is 10.0. The Morgan fingerprint density at radius 2 is 1.65 bits per heavy atom. The van der Waals surface area contributed by atoms with Gasteiger partial charge in [0.15, 0.2) is 0 Å². The molecule has 152 valence electrons. The van der Waals surface area contributed by atoms with E-state index < -0.39 is 0 Å². The summed E-state index contributed by atoms with van der Waals surface area (Å²) in [7, 11) is 0. The number of rotatable bonds is 5. The number of hydrogen-bond donors (Lipinski definition) is 1. The van der Waals surface area contributed by atoms with Crippen LogP contribution in [-0.2, 0) is 0 Å². The van der Waals surface area contributed by atoms with Crippen molar-refractivity contribution in [2.75, 3.05) is 5.32 Å². The Morgan fingerprint density at radius 3 is 2.45 bits per heavy atom. The van der Waals surface area contributed by atoms with Crippen LogP contribution in [0.4, 0.5) is 10.2 Å². The fourth-order valence-electron chi connectivity index (χ4n) is 3.59. The third kappa shape index (κ3) is 3.88. The second kappa shape index (κ2) is 7.99. The summed E-state index contributed by atoms with van der Waals surface area (Å²) in [5, 5.41) is 3.41. The minimum Gasteiger partial charge on any atom is -0.362 e. The average molecular weight is 409 g/mol. The molecule has 6 heteroatoms. The molecule has 3 heterocycles. The van der Waals surface area contributed by atoms with Gasteiger partial charge in [-0.25, -0.2) is 14.4 Å². The van der Waals surface area contributed by atoms with Crippen LogP contribution in [0.25, 0.3) is 28.2 Å². The Balaban J connectivity index is 1.48. The number of hydrogen-bond acceptors (Lipinski definition) is 4. The van der Waals surface area contributed by atoms with Crippen molar-refractivity contribution in [3.8, 4) is 22.5 Å². The average Bonchev–Trinajstić information content (AvgIpc) is 3.24. The van der Waals surface area contributed by atoms with E-state index >= 15 is 0 Å². The van der Waals surface area contributed by atoms with Crippen LogP contribution in [0.3, 0.4) is 0 Å². The molecule has 3 aromatic heterocycles. The fourth-order valence-corrected chi connectivity index (χ4v) is 3.59. The molecule has 0 saturated carbocycles. The monoisotopic (exact) mass is 409 g/mol. The largest absolute Gasteiger partial charge is 0.362 e. The zero-order valence-corrected chi connectivity index (χ0v) is 16.9. The quantitative estimate of drug-likeness (QED) is 0.400. The van der Waals surface area contributed by atoms with Crippen LogP contribution in [0.2, 0.25) is 0 Å². The van der Waals surface area contributed by atoms with E-state index in [1.165, 1.54) is 17.7 Å². The van der Waals surface area contributed by atoms with Crippen molar-refractivity contribution in [3.63, 3.8) is 0 Å². The highest BCUT2D eigenvalue weighted by Crippen LogP contribution is 2.25. The van der Waals surface area contributed by atoms with Gasteiger partial charge in [-0.3, -0.25) is 9.38 Å². The van der Waals surface area contributed by atoms with E-state index in [9.17, 15) is 4.39 Å². The number of nitrogens with zero attached hydrogens (tertiary/aromatic N) is 4. The molecule has 1 atom stereocenters. The molecule has 0 aliphatic rings. The van der Waals surface area contributed by atoms with E-state index in [-0.39, 0.29) is 11.9 Å². The topological polar surface area (TPSA) is 55.1 Å². The van der Waals surface area contributed by atoms with Crippen LogP contribution < -0.4 is 5.32 Å². The molecule has 0 bridgehead atoms. The summed E-state index contributed by atoms with van der Waals surface area (Å²) >= 11 is 0. The third-order valence-electron chi connectivity index (χ3n) is 5.24. The van der Waals surface area contributed by atoms with Crippen molar-refractivity contribution >= 4 is 11.5 Å². The van der Waals surface area contributed by atoms with Crippen LogP contribution in [-0.4, -0.2) is 19.4 Å². The molecule has 0 fully saturated rings. The van der Waals surface area contributed by atoms with Gasteiger partial charge in [0.25, 0.3) is 0 Å². The Hall–Kier alpha value is -4.06. The summed E-state index contributed by atoms with van der Waals surface area (Å²) in [5.74, 6) is 0.441. The molecule has 0 spiro atoms. The summed E-state index contributed by atoms with van der Waals surface area (Å²) < 4.78 is 15.3. The highest BCUT2D eigenvalue weighted by Gasteiger charge is 2.12. The van der Waals surface area contributed by atoms with E-state index in [1.54, 1.807) is 30.7 Å². The molecule has 0 aliphatic carbocycles. The van der Waals surface area contributed by atoms with Crippen LogP contribution in [0.1, 0.15) is 18.5 Å². The molecule has 1 unspecified atom stereocenters. The van der Waals surface area contributed by atoms with Gasteiger partial charge in [-0.05, 0) is 47.9 Å². The standard InChI is InChI=1S/C25H20FN5/c1-17(18-5-3-2-4-6-18)29-24-15-27-13-22(30-24)23-14-28-25-12-9-20(16-31(23)25)19-7-10-21(26)11-8-19/h2-17H,1H3,(H,29,30). The van der Waals surface area contributed by atoms with Crippen LogP contribution in [0, 0.1) is 5.82 Å². The predicted octanol–water partition coefficient (Wildman–Crippen LogP) is 5.77. The Morgan fingerprint density at radius 1 is 0.871 bits per heavy atom. The molecular formula is C25H20FN5. The second-order valence-corrected chi connectivity index (χ2v) is 7.36. The first kappa shape index (κ1) is 18.9. The zero-order chi connectivity index (χ0) is 21.2. The number of nitrogens with one attached hydrogen (secondary N) is 1. The maximum atomic E-state index is 13.3. The summed E-state index contributed by atoms with van der Waals surface area (Å²) in [6, 6.07) is 20.7. The molecule has 0 aliphatic heterocycles. The minimum absolute atomic E-state index is 0.0954. The Bertz CT molecular complexity index is 1330. The molecule has 0 saturated heterocycles. The number of pyridine rings is 1. The van der Waals surface area contributed by atoms with Crippen molar-refractivity contribution in [2.24, 2.45) is 0 Å². The van der Waals surface area contributed by atoms with E-state index in [4.69, 9.17) is 4.98 Å². The number of benzene rings is 2. The summed E-state index contributed by atoms with van der Waals surface area (Å²) in [6.45, 7) is 2.09. The number of aromatic nitrogens is 4. The molecular weight excluding hydrogens is 389 g/mol. The van der Waals surface area contributed by atoms with Crippen LogP contribution in [0.15, 0.2) is 91.5 Å². The molecule has 0 radical (unpaired) electrons. The summed E-state index contributed by atoms with van der Waals surface area (Å²) in [4.78, 5) is 13.6. The molecule has 5 nitrogen and oxygen atoms in total. The first-order chi connectivity index (χ1) is 15.2. The molecule has 5 aromatic rings. The molecule has 2 aromatic carbocycles. The highest BCUT2D eigenvalue weighted by atomic mass is 19.1. The van der Waals surface area contributed by atoms with E-state index in [1.807, 2.05) is 40.9 Å².